The Morgan fingerprint density at radius 2 is 2.15 bits per heavy atom. The molecule has 0 bridgehead atoms. The highest BCUT2D eigenvalue weighted by Crippen LogP contribution is 2.24. The molecule has 0 spiro atoms. The summed E-state index contributed by atoms with van der Waals surface area (Å²) in [6.07, 6.45) is 2.88. The van der Waals surface area contributed by atoms with Crippen molar-refractivity contribution in [3.8, 4) is 0 Å². The van der Waals surface area contributed by atoms with E-state index in [9.17, 15) is 13.6 Å². The van der Waals surface area contributed by atoms with Gasteiger partial charge in [-0.05, 0) is 44.5 Å². The van der Waals surface area contributed by atoms with Crippen LogP contribution in [0.5, 0.6) is 0 Å². The van der Waals surface area contributed by atoms with Crippen LogP contribution in [0.3, 0.4) is 0 Å². The van der Waals surface area contributed by atoms with E-state index >= 15 is 0 Å². The fraction of sp³-hybridized carbons (Fsp3) is 0.533. The van der Waals surface area contributed by atoms with E-state index in [-0.39, 0.29) is 17.5 Å². The second-order valence-electron chi connectivity index (χ2n) is 5.29. The van der Waals surface area contributed by atoms with Gasteiger partial charge in [0.25, 0.3) is 0 Å². The Kier molecular flexibility index (Phi) is 4.70. The molecular weight excluding hydrogens is 262 g/mol. The highest BCUT2D eigenvalue weighted by atomic mass is 19.1. The molecule has 1 aliphatic heterocycles. The Morgan fingerprint density at radius 3 is 2.80 bits per heavy atom. The first-order valence-corrected chi connectivity index (χ1v) is 6.95. The van der Waals surface area contributed by atoms with Crippen LogP contribution in [0.2, 0.25) is 0 Å². The Morgan fingerprint density at radius 1 is 1.40 bits per heavy atom. The number of hydrogen-bond acceptors (Lipinski definition) is 2. The standard InChI is InChI=1S/C15H20F2N2O/c1-10(12-9-11(16)6-7-13(12)17)19(2)15(20)14-5-3-4-8-18-14/h6-7,9-10,14,18H,3-5,8H2,1-2H3. The molecule has 2 unspecified atom stereocenters. The van der Waals surface area contributed by atoms with Gasteiger partial charge in [-0.2, -0.15) is 0 Å². The Balaban J connectivity index is 2.12. The number of carbonyl (C=O) groups is 1. The smallest absolute Gasteiger partial charge is 0.239 e. The lowest BCUT2D eigenvalue weighted by atomic mass is 10.0. The quantitative estimate of drug-likeness (QED) is 0.924. The molecule has 1 heterocycles. The number of benzene rings is 1. The minimum atomic E-state index is -0.498. The van der Waals surface area contributed by atoms with Crippen LogP contribution in [0.4, 0.5) is 8.78 Å². The van der Waals surface area contributed by atoms with Crippen molar-refractivity contribution < 1.29 is 13.6 Å². The molecule has 1 aliphatic rings. The average molecular weight is 282 g/mol. The lowest BCUT2D eigenvalue weighted by Crippen LogP contribution is -2.47. The maximum absolute atomic E-state index is 13.8. The average Bonchev–Trinajstić information content (AvgIpc) is 2.48. The zero-order chi connectivity index (χ0) is 14.7. The molecule has 0 saturated carbocycles. The summed E-state index contributed by atoms with van der Waals surface area (Å²) in [5, 5.41) is 3.17. The summed E-state index contributed by atoms with van der Waals surface area (Å²) in [7, 11) is 1.63. The number of likely N-dealkylation sites (N-methyl/N-ethyl adjacent to an activating group) is 1. The van der Waals surface area contributed by atoms with E-state index in [1.165, 1.54) is 4.90 Å². The summed E-state index contributed by atoms with van der Waals surface area (Å²) in [5.41, 5.74) is 0.205. The molecule has 1 fully saturated rings. The number of nitrogens with zero attached hydrogens (tertiary/aromatic N) is 1. The molecule has 1 aromatic carbocycles. The van der Waals surface area contributed by atoms with Gasteiger partial charge in [0.1, 0.15) is 11.6 Å². The van der Waals surface area contributed by atoms with Crippen LogP contribution in [-0.4, -0.2) is 30.4 Å². The van der Waals surface area contributed by atoms with Crippen LogP contribution in [0.1, 0.15) is 37.8 Å². The maximum Gasteiger partial charge on any atom is 0.239 e. The molecule has 0 radical (unpaired) electrons. The molecule has 5 heteroatoms. The molecule has 0 aromatic heterocycles. The van der Waals surface area contributed by atoms with Crippen LogP contribution in [0.15, 0.2) is 18.2 Å². The van der Waals surface area contributed by atoms with Crippen LogP contribution >= 0.6 is 0 Å². The van der Waals surface area contributed by atoms with Gasteiger partial charge in [-0.1, -0.05) is 6.42 Å². The molecule has 1 aromatic rings. The number of halogens is 2. The lowest BCUT2D eigenvalue weighted by molar-refractivity contribution is -0.134. The number of rotatable bonds is 3. The van der Waals surface area contributed by atoms with E-state index in [0.29, 0.717) is 0 Å². The van der Waals surface area contributed by atoms with Crippen molar-refractivity contribution in [3.05, 3.63) is 35.4 Å². The van der Waals surface area contributed by atoms with Gasteiger partial charge in [0.2, 0.25) is 5.91 Å². The predicted molar refractivity (Wildman–Crippen MR) is 73.2 cm³/mol. The summed E-state index contributed by atoms with van der Waals surface area (Å²) >= 11 is 0. The molecule has 110 valence electrons. The molecule has 1 N–H and O–H groups in total. The topological polar surface area (TPSA) is 32.3 Å². The maximum atomic E-state index is 13.8. The highest BCUT2D eigenvalue weighted by Gasteiger charge is 2.27. The van der Waals surface area contributed by atoms with Crippen molar-refractivity contribution in [3.63, 3.8) is 0 Å². The molecule has 0 aliphatic carbocycles. The molecule has 1 amide bonds. The first-order valence-electron chi connectivity index (χ1n) is 6.95. The third-order valence-corrected chi connectivity index (χ3v) is 3.95. The number of nitrogens with one attached hydrogen (secondary N) is 1. The summed E-state index contributed by atoms with van der Waals surface area (Å²) in [6.45, 7) is 2.53. The van der Waals surface area contributed by atoms with Gasteiger partial charge in [0.05, 0.1) is 12.1 Å². The number of carbonyl (C=O) groups excluding carboxylic acids is 1. The zero-order valence-corrected chi connectivity index (χ0v) is 11.8. The number of piperidine rings is 1. The number of amides is 1. The van der Waals surface area contributed by atoms with Crippen molar-refractivity contribution in [1.82, 2.24) is 10.2 Å². The SMILES string of the molecule is CC(c1cc(F)ccc1F)N(C)C(=O)C1CCCCN1. The van der Waals surface area contributed by atoms with Gasteiger partial charge in [-0.25, -0.2) is 8.78 Å². The van der Waals surface area contributed by atoms with Gasteiger partial charge >= 0.3 is 0 Å². The summed E-state index contributed by atoms with van der Waals surface area (Å²) < 4.78 is 27.0. The van der Waals surface area contributed by atoms with Crippen molar-refractivity contribution >= 4 is 5.91 Å². The van der Waals surface area contributed by atoms with E-state index < -0.39 is 17.7 Å². The molecule has 20 heavy (non-hydrogen) atoms. The molecule has 1 saturated heterocycles. The van der Waals surface area contributed by atoms with Gasteiger partial charge in [-0.3, -0.25) is 4.79 Å². The van der Waals surface area contributed by atoms with Gasteiger partial charge in [-0.15, -0.1) is 0 Å². The van der Waals surface area contributed by atoms with Crippen molar-refractivity contribution in [1.29, 1.82) is 0 Å². The monoisotopic (exact) mass is 282 g/mol. The first-order chi connectivity index (χ1) is 9.50. The summed E-state index contributed by atoms with van der Waals surface area (Å²) in [5.74, 6) is -1.05. The highest BCUT2D eigenvalue weighted by molar-refractivity contribution is 5.82. The first kappa shape index (κ1) is 14.9. The Hall–Kier alpha value is -1.49. The van der Waals surface area contributed by atoms with Gasteiger partial charge < -0.3 is 10.2 Å². The minimum absolute atomic E-state index is 0.0686. The van der Waals surface area contributed by atoms with E-state index in [1.54, 1.807) is 14.0 Å². The normalized spacial score (nSPS) is 20.5. The summed E-state index contributed by atoms with van der Waals surface area (Å²) in [4.78, 5) is 13.8. The van der Waals surface area contributed by atoms with Crippen molar-refractivity contribution in [2.45, 2.75) is 38.3 Å². The van der Waals surface area contributed by atoms with E-state index in [0.717, 1.165) is 44.0 Å². The van der Waals surface area contributed by atoms with Gasteiger partial charge in [0.15, 0.2) is 0 Å². The second-order valence-corrected chi connectivity index (χ2v) is 5.29. The number of hydrogen-bond donors (Lipinski definition) is 1. The van der Waals surface area contributed by atoms with E-state index in [4.69, 9.17) is 0 Å². The molecular formula is C15H20F2N2O. The minimum Gasteiger partial charge on any atom is -0.338 e. The van der Waals surface area contributed by atoms with Crippen LogP contribution < -0.4 is 5.32 Å². The lowest BCUT2D eigenvalue weighted by Gasteiger charge is -2.31. The van der Waals surface area contributed by atoms with E-state index in [1.807, 2.05) is 0 Å². The largest absolute Gasteiger partial charge is 0.338 e. The Labute approximate surface area is 118 Å². The van der Waals surface area contributed by atoms with Crippen LogP contribution in [0.25, 0.3) is 0 Å². The van der Waals surface area contributed by atoms with Crippen molar-refractivity contribution in [2.24, 2.45) is 0 Å². The fourth-order valence-electron chi connectivity index (χ4n) is 2.54. The second kappa shape index (κ2) is 6.31. The third kappa shape index (κ3) is 3.15. The summed E-state index contributed by atoms with van der Waals surface area (Å²) in [6, 6.07) is 2.61. The fourth-order valence-corrected chi connectivity index (χ4v) is 2.54. The third-order valence-electron chi connectivity index (χ3n) is 3.95. The van der Waals surface area contributed by atoms with Crippen LogP contribution in [-0.2, 0) is 4.79 Å². The zero-order valence-electron chi connectivity index (χ0n) is 11.8. The molecule has 3 nitrogen and oxygen atoms in total. The van der Waals surface area contributed by atoms with Crippen LogP contribution in [0, 0.1) is 11.6 Å². The predicted octanol–water partition coefficient (Wildman–Crippen LogP) is 2.63. The Bertz CT molecular complexity index is 487. The van der Waals surface area contributed by atoms with E-state index in [2.05, 4.69) is 5.32 Å². The molecule has 2 rings (SSSR count). The van der Waals surface area contributed by atoms with Gasteiger partial charge in [0, 0.05) is 12.6 Å². The van der Waals surface area contributed by atoms with Crippen molar-refractivity contribution in [2.75, 3.05) is 13.6 Å². The molecule has 2 atom stereocenters.